The zero-order valence-corrected chi connectivity index (χ0v) is 17.8. The van der Waals surface area contributed by atoms with Crippen molar-refractivity contribution in [2.45, 2.75) is 103 Å². The first-order valence-electron chi connectivity index (χ1n) is 9.69. The SMILES string of the molecule is CCCCCCCCCCCCCC(=O)OC(=O)CC[C@H](N)C(=O)O.[H-].[H-].[Mg+2]. The third kappa shape index (κ3) is 18.1. The van der Waals surface area contributed by atoms with Gasteiger partial charge in [-0.15, -0.1) is 0 Å². The standard InChI is InChI=1S/C19H35NO5.Mg.2H/c1-2-3-4-5-6-7-8-9-10-11-12-13-17(21)25-18(22)15-14-16(20)19(23)24;;;/h16H,2-15,20H2,1H3,(H,23,24);;;/q;+2;2*-1/t16-;;;/m0.../s1. The summed E-state index contributed by atoms with van der Waals surface area (Å²) in [6.45, 7) is 2.22. The van der Waals surface area contributed by atoms with Crippen LogP contribution in [0.15, 0.2) is 0 Å². The van der Waals surface area contributed by atoms with Crippen LogP contribution in [-0.2, 0) is 19.1 Å². The third-order valence-electron chi connectivity index (χ3n) is 4.19. The van der Waals surface area contributed by atoms with E-state index in [1.807, 2.05) is 0 Å². The second-order valence-electron chi connectivity index (χ2n) is 6.62. The van der Waals surface area contributed by atoms with E-state index in [9.17, 15) is 14.4 Å². The quantitative estimate of drug-likeness (QED) is 0.182. The van der Waals surface area contributed by atoms with Crippen molar-refractivity contribution in [2.75, 3.05) is 0 Å². The fourth-order valence-corrected chi connectivity index (χ4v) is 2.56. The van der Waals surface area contributed by atoms with Crippen molar-refractivity contribution in [1.82, 2.24) is 0 Å². The molecule has 0 amide bonds. The van der Waals surface area contributed by atoms with Gasteiger partial charge in [0.05, 0.1) is 0 Å². The fourth-order valence-electron chi connectivity index (χ4n) is 2.56. The summed E-state index contributed by atoms with van der Waals surface area (Å²) >= 11 is 0. The molecule has 0 rings (SSSR count). The van der Waals surface area contributed by atoms with Gasteiger partial charge >= 0.3 is 41.0 Å². The van der Waals surface area contributed by atoms with Crippen LogP contribution < -0.4 is 5.73 Å². The summed E-state index contributed by atoms with van der Waals surface area (Å²) in [7, 11) is 0. The molecule has 0 saturated carbocycles. The molecule has 0 radical (unpaired) electrons. The molecule has 0 aliphatic heterocycles. The summed E-state index contributed by atoms with van der Waals surface area (Å²) in [5, 5.41) is 8.60. The third-order valence-corrected chi connectivity index (χ3v) is 4.19. The van der Waals surface area contributed by atoms with E-state index in [0.717, 1.165) is 19.3 Å². The minimum Gasteiger partial charge on any atom is -1.00 e. The van der Waals surface area contributed by atoms with Gasteiger partial charge in [0, 0.05) is 12.8 Å². The Bertz CT molecular complexity index is 401. The van der Waals surface area contributed by atoms with Crippen LogP contribution in [0.2, 0.25) is 0 Å². The molecule has 0 unspecified atom stereocenters. The van der Waals surface area contributed by atoms with Gasteiger partial charge in [-0.05, 0) is 12.8 Å². The van der Waals surface area contributed by atoms with Crippen LogP contribution in [0.25, 0.3) is 0 Å². The van der Waals surface area contributed by atoms with Crippen LogP contribution in [0, 0.1) is 0 Å². The minimum atomic E-state index is -1.17. The summed E-state index contributed by atoms with van der Waals surface area (Å²) in [5.74, 6) is -2.41. The predicted octanol–water partition coefficient (Wildman–Crippen LogP) is 3.79. The van der Waals surface area contributed by atoms with Gasteiger partial charge in [-0.2, -0.15) is 0 Å². The maximum absolute atomic E-state index is 11.5. The fraction of sp³-hybridized carbons (Fsp3) is 0.842. The first-order chi connectivity index (χ1) is 12.0. The molecule has 3 N–H and O–H groups in total. The zero-order chi connectivity index (χ0) is 18.9. The predicted molar refractivity (Wildman–Crippen MR) is 105 cm³/mol. The molecule has 0 aromatic rings. The molecule has 26 heavy (non-hydrogen) atoms. The average Bonchev–Trinajstić information content (AvgIpc) is 2.57. The monoisotopic (exact) mass is 383 g/mol. The van der Waals surface area contributed by atoms with E-state index in [-0.39, 0.29) is 45.2 Å². The Morgan fingerprint density at radius 1 is 0.846 bits per heavy atom. The maximum Gasteiger partial charge on any atom is 2.00 e. The molecule has 0 bridgehead atoms. The Morgan fingerprint density at radius 3 is 1.73 bits per heavy atom. The number of nitrogens with two attached hydrogens (primary N) is 1. The summed E-state index contributed by atoms with van der Waals surface area (Å²) in [4.78, 5) is 33.4. The summed E-state index contributed by atoms with van der Waals surface area (Å²) < 4.78 is 4.65. The summed E-state index contributed by atoms with van der Waals surface area (Å²) in [6, 6.07) is -1.10. The number of rotatable bonds is 16. The van der Waals surface area contributed by atoms with Gasteiger partial charge in [0.15, 0.2) is 0 Å². The van der Waals surface area contributed by atoms with Gasteiger partial charge in [0.2, 0.25) is 0 Å². The van der Waals surface area contributed by atoms with Gasteiger partial charge < -0.3 is 18.4 Å². The molecule has 150 valence electrons. The number of unbranched alkanes of at least 4 members (excludes halogenated alkanes) is 10. The number of aliphatic carboxylic acids is 1. The van der Waals surface area contributed by atoms with E-state index in [4.69, 9.17) is 10.8 Å². The van der Waals surface area contributed by atoms with E-state index >= 15 is 0 Å². The zero-order valence-electron chi connectivity index (χ0n) is 18.3. The smallest absolute Gasteiger partial charge is 1.00 e. The van der Waals surface area contributed by atoms with Crippen molar-refractivity contribution < 1.29 is 27.1 Å². The number of carbonyl (C=O) groups is 3. The molecule has 7 heteroatoms. The minimum absolute atomic E-state index is 0. The van der Waals surface area contributed by atoms with E-state index in [1.54, 1.807) is 0 Å². The molecule has 0 heterocycles. The average molecular weight is 384 g/mol. The Morgan fingerprint density at radius 2 is 1.27 bits per heavy atom. The van der Waals surface area contributed by atoms with Crippen molar-refractivity contribution in [2.24, 2.45) is 5.73 Å². The van der Waals surface area contributed by atoms with Crippen LogP contribution in [0.1, 0.15) is 99.7 Å². The summed E-state index contributed by atoms with van der Waals surface area (Å²) in [5.41, 5.74) is 5.28. The topological polar surface area (TPSA) is 107 Å². The van der Waals surface area contributed by atoms with Gasteiger partial charge in [-0.25, -0.2) is 0 Å². The maximum atomic E-state index is 11.5. The van der Waals surface area contributed by atoms with Crippen LogP contribution >= 0.6 is 0 Å². The number of hydrogen-bond donors (Lipinski definition) is 2. The van der Waals surface area contributed by atoms with Gasteiger partial charge in [0.25, 0.3) is 0 Å². The van der Waals surface area contributed by atoms with Gasteiger partial charge in [-0.3, -0.25) is 14.4 Å². The molecule has 0 aromatic carbocycles. The molecular weight excluding hydrogens is 347 g/mol. The Labute approximate surface area is 176 Å². The number of ether oxygens (including phenoxy) is 1. The van der Waals surface area contributed by atoms with Gasteiger partial charge in [0.1, 0.15) is 6.04 Å². The van der Waals surface area contributed by atoms with E-state index in [0.29, 0.717) is 0 Å². The molecule has 0 spiro atoms. The molecule has 0 aliphatic rings. The van der Waals surface area contributed by atoms with Crippen LogP contribution in [0.4, 0.5) is 0 Å². The molecule has 0 aromatic heterocycles. The van der Waals surface area contributed by atoms with Crippen molar-refractivity contribution in [1.29, 1.82) is 0 Å². The van der Waals surface area contributed by atoms with Gasteiger partial charge in [-0.1, -0.05) is 71.1 Å². The van der Waals surface area contributed by atoms with E-state index in [1.165, 1.54) is 51.4 Å². The molecule has 0 fully saturated rings. The molecule has 1 atom stereocenters. The van der Waals surface area contributed by atoms with Crippen LogP contribution in [0.3, 0.4) is 0 Å². The number of carboxylic acids is 1. The Kier molecular flexibility index (Phi) is 20.2. The first-order valence-corrected chi connectivity index (χ1v) is 9.69. The normalized spacial score (nSPS) is 11.5. The second kappa shape index (κ2) is 19.1. The van der Waals surface area contributed by atoms with E-state index < -0.39 is 23.9 Å². The molecule has 0 saturated heterocycles. The number of hydrogen-bond acceptors (Lipinski definition) is 5. The Hall–Kier alpha value is -0.664. The number of carbonyl (C=O) groups excluding carboxylic acids is 2. The number of carboxylic acid groups (broad SMARTS) is 1. The first kappa shape index (κ1) is 27.6. The van der Waals surface area contributed by atoms with Crippen molar-refractivity contribution in [3.8, 4) is 0 Å². The second-order valence-corrected chi connectivity index (χ2v) is 6.62. The van der Waals surface area contributed by atoms with E-state index in [2.05, 4.69) is 11.7 Å². The van der Waals surface area contributed by atoms with Crippen LogP contribution in [-0.4, -0.2) is 52.1 Å². The Balaban J connectivity index is -0.000000960. The summed E-state index contributed by atoms with van der Waals surface area (Å²) in [6.07, 6.45) is 13.2. The van der Waals surface area contributed by atoms with Crippen molar-refractivity contribution in [3.63, 3.8) is 0 Å². The van der Waals surface area contributed by atoms with Crippen molar-refractivity contribution >= 4 is 41.0 Å². The number of esters is 2. The van der Waals surface area contributed by atoms with Crippen molar-refractivity contribution in [3.05, 3.63) is 0 Å². The molecule has 6 nitrogen and oxygen atoms in total. The van der Waals surface area contributed by atoms with Crippen LogP contribution in [0.5, 0.6) is 0 Å². The largest absolute Gasteiger partial charge is 2.00 e. The molecular formula is C19H37MgNO5. The molecule has 0 aliphatic carbocycles.